The molecule has 1 atom stereocenters. The number of aromatic nitrogens is 1. The first-order chi connectivity index (χ1) is 13.5. The number of nitrogens with one attached hydrogen (secondary N) is 2. The molecule has 2 amide bonds. The molecule has 3 aromatic rings. The van der Waals surface area contributed by atoms with Crippen LogP contribution in [-0.4, -0.2) is 16.8 Å². The molecule has 1 aromatic carbocycles. The Hall–Kier alpha value is -2.60. The van der Waals surface area contributed by atoms with Gasteiger partial charge in [-0.25, -0.2) is 0 Å². The summed E-state index contributed by atoms with van der Waals surface area (Å²) in [6, 6.07) is 8.18. The third-order valence-electron chi connectivity index (χ3n) is 5.54. The number of fused-ring (bicyclic) bond motifs is 2. The van der Waals surface area contributed by atoms with Gasteiger partial charge < -0.3 is 16.0 Å². The normalized spacial score (nSPS) is 16.1. The molecule has 2 heterocycles. The number of primary amides is 1. The second-order valence-corrected chi connectivity index (χ2v) is 8.79. The van der Waals surface area contributed by atoms with Gasteiger partial charge in [0.15, 0.2) is 0 Å². The molecular formula is C22H25N3O2S. The van der Waals surface area contributed by atoms with Gasteiger partial charge in [0.25, 0.3) is 5.91 Å². The second-order valence-electron chi connectivity index (χ2n) is 7.68. The first kappa shape index (κ1) is 18.7. The van der Waals surface area contributed by atoms with Crippen molar-refractivity contribution >= 4 is 39.1 Å². The van der Waals surface area contributed by atoms with Gasteiger partial charge in [-0.2, -0.15) is 0 Å². The van der Waals surface area contributed by atoms with Gasteiger partial charge in [-0.15, -0.1) is 11.3 Å². The molecule has 1 unspecified atom stereocenters. The summed E-state index contributed by atoms with van der Waals surface area (Å²) in [5.41, 5.74) is 9.54. The monoisotopic (exact) mass is 395 g/mol. The third-order valence-corrected chi connectivity index (χ3v) is 6.71. The number of rotatable bonds is 6. The van der Waals surface area contributed by atoms with Gasteiger partial charge in [0, 0.05) is 28.4 Å². The Balaban J connectivity index is 1.40. The number of thiophene rings is 1. The molecule has 5 nitrogen and oxygen atoms in total. The Morgan fingerprint density at radius 1 is 1.32 bits per heavy atom. The van der Waals surface area contributed by atoms with Crippen molar-refractivity contribution in [2.75, 3.05) is 5.32 Å². The lowest BCUT2D eigenvalue weighted by molar-refractivity contribution is -0.116. The van der Waals surface area contributed by atoms with E-state index in [1.807, 2.05) is 18.3 Å². The van der Waals surface area contributed by atoms with E-state index >= 15 is 0 Å². The highest BCUT2D eigenvalue weighted by Gasteiger charge is 2.27. The number of carbonyl (C=O) groups is 2. The molecule has 1 aliphatic carbocycles. The summed E-state index contributed by atoms with van der Waals surface area (Å²) in [4.78, 5) is 28.9. The van der Waals surface area contributed by atoms with Crippen molar-refractivity contribution < 1.29 is 9.59 Å². The summed E-state index contributed by atoms with van der Waals surface area (Å²) in [6.45, 7) is 2.22. The van der Waals surface area contributed by atoms with E-state index in [1.54, 1.807) is 0 Å². The van der Waals surface area contributed by atoms with Crippen LogP contribution in [0.25, 0.3) is 10.9 Å². The Morgan fingerprint density at radius 2 is 2.14 bits per heavy atom. The zero-order valence-electron chi connectivity index (χ0n) is 16.0. The van der Waals surface area contributed by atoms with E-state index in [-0.39, 0.29) is 5.91 Å². The molecule has 0 spiro atoms. The van der Waals surface area contributed by atoms with Crippen LogP contribution in [0.2, 0.25) is 0 Å². The van der Waals surface area contributed by atoms with Gasteiger partial charge >= 0.3 is 0 Å². The van der Waals surface area contributed by atoms with Crippen LogP contribution in [0, 0.1) is 5.92 Å². The lowest BCUT2D eigenvalue weighted by atomic mass is 9.88. The lowest BCUT2D eigenvalue weighted by Crippen LogP contribution is -2.19. The zero-order valence-corrected chi connectivity index (χ0v) is 16.8. The summed E-state index contributed by atoms with van der Waals surface area (Å²) < 4.78 is 0. The van der Waals surface area contributed by atoms with Crippen molar-refractivity contribution in [2.45, 2.75) is 45.4 Å². The second kappa shape index (κ2) is 7.80. The first-order valence-corrected chi connectivity index (χ1v) is 10.6. The van der Waals surface area contributed by atoms with Gasteiger partial charge in [0.1, 0.15) is 5.00 Å². The number of nitrogens with two attached hydrogens (primary N) is 1. The molecule has 6 heteroatoms. The Morgan fingerprint density at radius 3 is 2.96 bits per heavy atom. The maximum Gasteiger partial charge on any atom is 0.251 e. The van der Waals surface area contributed by atoms with E-state index in [0.29, 0.717) is 22.9 Å². The number of aromatic amines is 1. The molecule has 4 rings (SSSR count). The number of benzene rings is 1. The fourth-order valence-electron chi connectivity index (χ4n) is 4.07. The standard InChI is InChI=1S/C22H25N3O2S/c1-13-9-10-16-18(11-13)28-22(20(16)21(23)27)25-19(26)8-4-5-14-12-24-17-7-3-2-6-15(14)17/h2-3,6-7,12-13,24H,4-5,8-11H2,1H3,(H2,23,27)(H,25,26). The van der Waals surface area contributed by atoms with Gasteiger partial charge in [0.05, 0.1) is 5.56 Å². The quantitative estimate of drug-likeness (QED) is 0.577. The van der Waals surface area contributed by atoms with E-state index in [9.17, 15) is 9.59 Å². The number of anilines is 1. The fourth-order valence-corrected chi connectivity index (χ4v) is 5.50. The van der Waals surface area contributed by atoms with Crippen LogP contribution in [-0.2, 0) is 24.1 Å². The Bertz CT molecular complexity index is 1030. The van der Waals surface area contributed by atoms with Crippen LogP contribution in [0.15, 0.2) is 30.5 Å². The molecule has 0 aliphatic heterocycles. The number of para-hydroxylation sites is 1. The molecule has 2 aromatic heterocycles. The smallest absolute Gasteiger partial charge is 0.251 e. The van der Waals surface area contributed by atoms with Crippen LogP contribution < -0.4 is 11.1 Å². The third kappa shape index (κ3) is 3.69. The fraction of sp³-hybridized carbons (Fsp3) is 0.364. The van der Waals surface area contributed by atoms with Gasteiger partial charge in [0.2, 0.25) is 5.91 Å². The topological polar surface area (TPSA) is 88.0 Å². The van der Waals surface area contributed by atoms with Crippen LogP contribution in [0.4, 0.5) is 5.00 Å². The largest absolute Gasteiger partial charge is 0.365 e. The number of hydrogen-bond acceptors (Lipinski definition) is 3. The molecule has 0 fully saturated rings. The van der Waals surface area contributed by atoms with Gasteiger partial charge in [-0.1, -0.05) is 25.1 Å². The maximum atomic E-state index is 12.5. The molecule has 4 N–H and O–H groups in total. The van der Waals surface area contributed by atoms with E-state index in [1.165, 1.54) is 27.2 Å². The number of hydrogen-bond donors (Lipinski definition) is 3. The number of aryl methyl sites for hydroxylation is 1. The molecular weight excluding hydrogens is 370 g/mol. The van der Waals surface area contributed by atoms with Gasteiger partial charge in [-0.05, 0) is 55.2 Å². The highest BCUT2D eigenvalue weighted by Crippen LogP contribution is 2.39. The molecule has 0 bridgehead atoms. The Labute approximate surface area is 168 Å². The minimum absolute atomic E-state index is 0.0611. The van der Waals surface area contributed by atoms with E-state index in [2.05, 4.69) is 29.4 Å². The molecule has 28 heavy (non-hydrogen) atoms. The predicted octanol–water partition coefficient (Wildman–Crippen LogP) is 4.41. The van der Waals surface area contributed by atoms with Crippen molar-refractivity contribution in [1.82, 2.24) is 4.98 Å². The van der Waals surface area contributed by atoms with Crippen LogP contribution in [0.1, 0.15) is 52.5 Å². The molecule has 1 aliphatic rings. The zero-order chi connectivity index (χ0) is 19.7. The van der Waals surface area contributed by atoms with Crippen molar-refractivity contribution in [1.29, 1.82) is 0 Å². The summed E-state index contributed by atoms with van der Waals surface area (Å²) in [5.74, 6) is 0.0988. The lowest BCUT2D eigenvalue weighted by Gasteiger charge is -2.18. The van der Waals surface area contributed by atoms with Crippen molar-refractivity contribution in [3.8, 4) is 0 Å². The van der Waals surface area contributed by atoms with Crippen molar-refractivity contribution in [3.63, 3.8) is 0 Å². The predicted molar refractivity (Wildman–Crippen MR) is 114 cm³/mol. The molecule has 0 saturated heterocycles. The molecule has 0 radical (unpaired) electrons. The highest BCUT2D eigenvalue weighted by molar-refractivity contribution is 7.17. The van der Waals surface area contributed by atoms with Crippen molar-refractivity contribution in [3.05, 3.63) is 52.0 Å². The maximum absolute atomic E-state index is 12.5. The molecule has 146 valence electrons. The Kier molecular flexibility index (Phi) is 5.22. The average Bonchev–Trinajstić information content (AvgIpc) is 3.22. The minimum Gasteiger partial charge on any atom is -0.365 e. The SMILES string of the molecule is CC1CCc2c(sc(NC(=O)CCCc3c[nH]c4ccccc34)c2C(N)=O)C1. The van der Waals surface area contributed by atoms with Crippen molar-refractivity contribution in [2.24, 2.45) is 11.7 Å². The van der Waals surface area contributed by atoms with Crippen LogP contribution in [0.5, 0.6) is 0 Å². The van der Waals surface area contributed by atoms with Gasteiger partial charge in [-0.3, -0.25) is 9.59 Å². The van der Waals surface area contributed by atoms with E-state index in [0.717, 1.165) is 43.2 Å². The van der Waals surface area contributed by atoms with E-state index < -0.39 is 5.91 Å². The highest BCUT2D eigenvalue weighted by atomic mass is 32.1. The number of H-pyrrole nitrogens is 1. The summed E-state index contributed by atoms with van der Waals surface area (Å²) in [5, 5.41) is 4.79. The molecule has 0 saturated carbocycles. The summed E-state index contributed by atoms with van der Waals surface area (Å²) in [7, 11) is 0. The summed E-state index contributed by atoms with van der Waals surface area (Å²) in [6.07, 6.45) is 6.89. The van der Waals surface area contributed by atoms with Crippen LogP contribution in [0.3, 0.4) is 0 Å². The minimum atomic E-state index is -0.443. The average molecular weight is 396 g/mol. The number of carbonyl (C=O) groups excluding carboxylic acids is 2. The first-order valence-electron chi connectivity index (χ1n) is 9.82. The van der Waals surface area contributed by atoms with E-state index in [4.69, 9.17) is 5.73 Å². The van der Waals surface area contributed by atoms with Crippen LogP contribution >= 0.6 is 11.3 Å². The number of amides is 2. The summed E-state index contributed by atoms with van der Waals surface area (Å²) >= 11 is 1.52.